The molecular formula is C10H17N3O. The lowest BCUT2D eigenvalue weighted by molar-refractivity contribution is 0.346. The number of nitrogens with one attached hydrogen (secondary N) is 1. The molecule has 0 spiro atoms. The second-order valence-electron chi connectivity index (χ2n) is 3.25. The average molecular weight is 195 g/mol. The van der Waals surface area contributed by atoms with E-state index in [0.717, 1.165) is 11.5 Å². The fourth-order valence-corrected chi connectivity index (χ4v) is 1.45. The average Bonchev–Trinajstić information content (AvgIpc) is 2.54. The maximum absolute atomic E-state index is 5.20. The first-order chi connectivity index (χ1) is 6.65. The summed E-state index contributed by atoms with van der Waals surface area (Å²) < 4.78 is 7.19. The molecule has 0 aliphatic rings. The Labute approximate surface area is 84.6 Å². The number of imidazole rings is 1. The lowest BCUT2D eigenvalue weighted by atomic mass is 10.3. The number of nitrogens with zero attached hydrogens (tertiary/aromatic N) is 2. The lowest BCUT2D eigenvalue weighted by Gasteiger charge is -2.12. The summed E-state index contributed by atoms with van der Waals surface area (Å²) in [5, 5.41) is 3.01. The van der Waals surface area contributed by atoms with E-state index in [0.29, 0.717) is 12.1 Å². The number of rotatable bonds is 4. The van der Waals surface area contributed by atoms with Gasteiger partial charge in [0.1, 0.15) is 0 Å². The Balaban J connectivity index is 3.33. The summed E-state index contributed by atoms with van der Waals surface area (Å²) in [6.07, 6.45) is 1.78. The summed E-state index contributed by atoms with van der Waals surface area (Å²) in [6.45, 7) is 7.93. The Hall–Kier alpha value is -1.45. The molecule has 0 amide bonds. The molecule has 0 aliphatic carbocycles. The molecule has 4 nitrogen and oxygen atoms in total. The topological polar surface area (TPSA) is 39.1 Å². The first-order valence-electron chi connectivity index (χ1n) is 4.62. The molecule has 0 fully saturated rings. The highest BCUT2D eigenvalue weighted by atomic mass is 16.5. The van der Waals surface area contributed by atoms with E-state index in [1.54, 1.807) is 13.2 Å². The standard InChI is InChI=1S/C10H17N3O/c1-6-8-9(11-4)12-10(14-5)13(8)7(2)3/h6-7,11H,1H2,2-5H3. The highest BCUT2D eigenvalue weighted by Crippen LogP contribution is 2.26. The van der Waals surface area contributed by atoms with Crippen LogP contribution in [0.4, 0.5) is 5.82 Å². The van der Waals surface area contributed by atoms with Gasteiger partial charge in [-0.15, -0.1) is 0 Å². The van der Waals surface area contributed by atoms with Crippen LogP contribution in [-0.4, -0.2) is 23.7 Å². The van der Waals surface area contributed by atoms with Gasteiger partial charge in [0.05, 0.1) is 12.8 Å². The van der Waals surface area contributed by atoms with Gasteiger partial charge >= 0.3 is 0 Å². The fraction of sp³-hybridized carbons (Fsp3) is 0.500. The molecule has 0 saturated heterocycles. The SMILES string of the molecule is C=Cc1c(NC)nc(OC)n1C(C)C. The van der Waals surface area contributed by atoms with Crippen LogP contribution in [0.25, 0.3) is 6.08 Å². The summed E-state index contributed by atoms with van der Waals surface area (Å²) in [5.74, 6) is 0.797. The van der Waals surface area contributed by atoms with Crippen LogP contribution in [0.3, 0.4) is 0 Å². The van der Waals surface area contributed by atoms with Gasteiger partial charge in [-0.1, -0.05) is 6.58 Å². The number of hydrogen-bond acceptors (Lipinski definition) is 3. The van der Waals surface area contributed by atoms with Crippen molar-refractivity contribution in [3.63, 3.8) is 0 Å². The van der Waals surface area contributed by atoms with Crippen LogP contribution in [0, 0.1) is 0 Å². The van der Waals surface area contributed by atoms with Crippen LogP contribution in [0.1, 0.15) is 25.6 Å². The molecule has 0 bridgehead atoms. The molecule has 0 aromatic carbocycles. The Morgan fingerprint density at radius 1 is 1.57 bits per heavy atom. The quantitative estimate of drug-likeness (QED) is 0.800. The molecule has 1 aromatic heterocycles. The molecule has 1 rings (SSSR count). The zero-order chi connectivity index (χ0) is 10.7. The van der Waals surface area contributed by atoms with Crippen LogP contribution < -0.4 is 10.1 Å². The summed E-state index contributed by atoms with van der Waals surface area (Å²) in [4.78, 5) is 4.30. The molecule has 4 heteroatoms. The third-order valence-corrected chi connectivity index (χ3v) is 2.04. The van der Waals surface area contributed by atoms with Crippen LogP contribution in [-0.2, 0) is 0 Å². The lowest BCUT2D eigenvalue weighted by Crippen LogP contribution is -2.05. The predicted octanol–water partition coefficient (Wildman–Crippen LogP) is 2.16. The van der Waals surface area contributed by atoms with E-state index in [4.69, 9.17) is 4.74 Å². The van der Waals surface area contributed by atoms with Crippen LogP contribution in [0.5, 0.6) is 6.01 Å². The summed E-state index contributed by atoms with van der Waals surface area (Å²) >= 11 is 0. The number of methoxy groups -OCH3 is 1. The normalized spacial score (nSPS) is 10.4. The fourth-order valence-electron chi connectivity index (χ4n) is 1.45. The molecule has 1 N–H and O–H groups in total. The molecule has 1 aromatic rings. The first-order valence-corrected chi connectivity index (χ1v) is 4.62. The van der Waals surface area contributed by atoms with Gasteiger partial charge in [0.15, 0.2) is 5.82 Å². The zero-order valence-electron chi connectivity index (χ0n) is 9.16. The minimum atomic E-state index is 0.299. The summed E-state index contributed by atoms with van der Waals surface area (Å²) in [6, 6.07) is 0.909. The first kappa shape index (κ1) is 10.6. The van der Waals surface area contributed by atoms with Gasteiger partial charge in [-0.25, -0.2) is 0 Å². The van der Waals surface area contributed by atoms with E-state index in [1.165, 1.54) is 0 Å². The van der Waals surface area contributed by atoms with Gasteiger partial charge in [0.2, 0.25) is 0 Å². The van der Waals surface area contributed by atoms with Crippen molar-refractivity contribution in [1.29, 1.82) is 0 Å². The van der Waals surface area contributed by atoms with Crippen molar-refractivity contribution in [2.24, 2.45) is 0 Å². The summed E-state index contributed by atoms with van der Waals surface area (Å²) in [5.41, 5.74) is 0.958. The van der Waals surface area contributed by atoms with E-state index >= 15 is 0 Å². The molecular weight excluding hydrogens is 178 g/mol. The number of anilines is 1. The van der Waals surface area contributed by atoms with Gasteiger partial charge in [0.25, 0.3) is 6.01 Å². The summed E-state index contributed by atoms with van der Waals surface area (Å²) in [7, 11) is 3.45. The van der Waals surface area contributed by atoms with Gasteiger partial charge in [0, 0.05) is 13.1 Å². The Bertz CT molecular complexity index is 328. The molecule has 0 radical (unpaired) electrons. The van der Waals surface area contributed by atoms with Crippen LogP contribution in [0.2, 0.25) is 0 Å². The minimum absolute atomic E-state index is 0.299. The molecule has 0 atom stereocenters. The molecule has 0 aliphatic heterocycles. The smallest absolute Gasteiger partial charge is 0.298 e. The highest BCUT2D eigenvalue weighted by Gasteiger charge is 2.16. The largest absolute Gasteiger partial charge is 0.468 e. The zero-order valence-corrected chi connectivity index (χ0v) is 9.16. The maximum atomic E-state index is 5.20. The monoisotopic (exact) mass is 195 g/mol. The van der Waals surface area contributed by atoms with Crippen molar-refractivity contribution in [2.75, 3.05) is 19.5 Å². The van der Waals surface area contributed by atoms with Crippen molar-refractivity contribution in [1.82, 2.24) is 9.55 Å². The Kier molecular flexibility index (Phi) is 3.17. The van der Waals surface area contributed by atoms with Crippen molar-refractivity contribution in [3.05, 3.63) is 12.3 Å². The third-order valence-electron chi connectivity index (χ3n) is 2.04. The molecule has 78 valence electrons. The number of ether oxygens (including phenoxy) is 1. The molecule has 0 unspecified atom stereocenters. The second kappa shape index (κ2) is 4.17. The molecule has 1 heterocycles. The minimum Gasteiger partial charge on any atom is -0.468 e. The van der Waals surface area contributed by atoms with Gasteiger partial charge < -0.3 is 10.1 Å². The maximum Gasteiger partial charge on any atom is 0.298 e. The van der Waals surface area contributed by atoms with Crippen molar-refractivity contribution < 1.29 is 4.74 Å². The van der Waals surface area contributed by atoms with E-state index in [2.05, 4.69) is 30.7 Å². The van der Waals surface area contributed by atoms with Gasteiger partial charge in [-0.3, -0.25) is 4.57 Å². The van der Waals surface area contributed by atoms with E-state index in [-0.39, 0.29) is 0 Å². The van der Waals surface area contributed by atoms with E-state index in [9.17, 15) is 0 Å². The van der Waals surface area contributed by atoms with Crippen molar-refractivity contribution in [3.8, 4) is 6.01 Å². The number of hydrogen-bond donors (Lipinski definition) is 1. The molecule has 14 heavy (non-hydrogen) atoms. The molecule has 0 saturated carbocycles. The van der Waals surface area contributed by atoms with Crippen molar-refractivity contribution in [2.45, 2.75) is 19.9 Å². The second-order valence-corrected chi connectivity index (χ2v) is 3.25. The van der Waals surface area contributed by atoms with E-state index in [1.807, 2.05) is 11.6 Å². The van der Waals surface area contributed by atoms with Gasteiger partial charge in [-0.2, -0.15) is 4.98 Å². The van der Waals surface area contributed by atoms with Crippen molar-refractivity contribution >= 4 is 11.9 Å². The Morgan fingerprint density at radius 2 is 2.21 bits per heavy atom. The van der Waals surface area contributed by atoms with E-state index < -0.39 is 0 Å². The number of aromatic nitrogens is 2. The van der Waals surface area contributed by atoms with Crippen LogP contribution in [0.15, 0.2) is 6.58 Å². The van der Waals surface area contributed by atoms with Gasteiger partial charge in [-0.05, 0) is 19.9 Å². The Morgan fingerprint density at radius 3 is 2.57 bits per heavy atom. The third kappa shape index (κ3) is 1.60. The van der Waals surface area contributed by atoms with Crippen LogP contribution >= 0.6 is 0 Å². The highest BCUT2D eigenvalue weighted by molar-refractivity contribution is 5.60. The predicted molar refractivity (Wildman–Crippen MR) is 58.8 cm³/mol.